The zero-order valence-electron chi connectivity index (χ0n) is 10.4. The molecule has 0 N–H and O–H groups in total. The number of hydrogen-bond donors (Lipinski definition) is 0. The lowest BCUT2D eigenvalue weighted by molar-refractivity contribution is -0.140. The third-order valence-electron chi connectivity index (χ3n) is 3.58. The van der Waals surface area contributed by atoms with Crippen LogP contribution in [0.2, 0.25) is 0 Å². The zero-order valence-corrected chi connectivity index (χ0v) is 11.2. The maximum absolute atomic E-state index is 12.4. The maximum atomic E-state index is 12.4. The Morgan fingerprint density at radius 2 is 1.84 bits per heavy atom. The van der Waals surface area contributed by atoms with Crippen molar-refractivity contribution >= 4 is 15.9 Å². The summed E-state index contributed by atoms with van der Waals surface area (Å²) in [5.74, 6) is -0.777. The normalized spacial score (nSPS) is 25.4. The number of hydrogen-bond acceptors (Lipinski definition) is 3. The molecule has 1 saturated heterocycles. The molecule has 0 radical (unpaired) electrons. The smallest absolute Gasteiger partial charge is 0.267 e. The van der Waals surface area contributed by atoms with E-state index in [1.807, 2.05) is 6.92 Å². The molecule has 0 spiro atoms. The molecule has 2 atom stereocenters. The minimum absolute atomic E-state index is 0.149. The van der Waals surface area contributed by atoms with Gasteiger partial charge in [-0.25, -0.2) is 12.7 Å². The largest absolute Gasteiger partial charge is 0.273 e. The van der Waals surface area contributed by atoms with Crippen LogP contribution < -0.4 is 0 Å². The average Bonchev–Trinajstić information content (AvgIpc) is 2.65. The molecule has 4 nitrogen and oxygen atoms in total. The lowest BCUT2D eigenvalue weighted by Gasteiger charge is -2.41. The Kier molecular flexibility index (Phi) is 2.44. The van der Waals surface area contributed by atoms with E-state index in [0.717, 1.165) is 9.87 Å². The Morgan fingerprint density at radius 3 is 2.47 bits per heavy atom. The fourth-order valence-corrected chi connectivity index (χ4v) is 4.05. The van der Waals surface area contributed by atoms with Gasteiger partial charge in [0, 0.05) is 0 Å². The highest BCUT2D eigenvalue weighted by Gasteiger charge is 2.55. The molecule has 1 heterocycles. The van der Waals surface area contributed by atoms with Crippen LogP contribution in [0.5, 0.6) is 0 Å². The molecule has 1 aromatic carbocycles. The average molecular weight is 275 g/mol. The van der Waals surface area contributed by atoms with Crippen LogP contribution in [0.15, 0.2) is 53.5 Å². The maximum Gasteiger partial charge on any atom is 0.267 e. The van der Waals surface area contributed by atoms with Gasteiger partial charge in [0.1, 0.15) is 0 Å². The van der Waals surface area contributed by atoms with Gasteiger partial charge >= 0.3 is 0 Å². The molecule has 3 rings (SSSR count). The molecule has 2 unspecified atom stereocenters. The van der Waals surface area contributed by atoms with Gasteiger partial charge in [-0.05, 0) is 24.6 Å². The Bertz CT molecular complexity index is 701. The molecule has 0 aromatic heterocycles. The van der Waals surface area contributed by atoms with Crippen LogP contribution in [0.1, 0.15) is 5.56 Å². The van der Waals surface area contributed by atoms with E-state index in [1.165, 1.54) is 12.1 Å². The summed E-state index contributed by atoms with van der Waals surface area (Å²) in [6.45, 7) is 5.64. The number of β-lactam (4-membered cyclic amide) rings is 1. The number of carbonyl (C=O) groups is 1. The molecule has 0 saturated carbocycles. The highest BCUT2D eigenvalue weighted by molar-refractivity contribution is 7.89. The molecule has 1 fully saturated rings. The molecule has 5 heteroatoms. The Hall–Kier alpha value is -1.88. The minimum atomic E-state index is -3.75. The summed E-state index contributed by atoms with van der Waals surface area (Å²) in [6, 6.07) is 6.10. The van der Waals surface area contributed by atoms with Crippen molar-refractivity contribution in [1.82, 2.24) is 4.31 Å². The monoisotopic (exact) mass is 275 g/mol. The van der Waals surface area contributed by atoms with E-state index in [0.29, 0.717) is 5.57 Å². The molecule has 1 aliphatic heterocycles. The third-order valence-corrected chi connectivity index (χ3v) is 5.39. The third kappa shape index (κ3) is 1.58. The van der Waals surface area contributed by atoms with Crippen molar-refractivity contribution in [1.29, 1.82) is 0 Å². The summed E-state index contributed by atoms with van der Waals surface area (Å²) in [6.07, 6.45) is 3.44. The predicted molar refractivity (Wildman–Crippen MR) is 70.8 cm³/mol. The number of fused-ring (bicyclic) bond motifs is 1. The van der Waals surface area contributed by atoms with Gasteiger partial charge in [0.15, 0.2) is 0 Å². The summed E-state index contributed by atoms with van der Waals surface area (Å²) in [7, 11) is -3.75. The quantitative estimate of drug-likeness (QED) is 0.771. The van der Waals surface area contributed by atoms with E-state index >= 15 is 0 Å². The van der Waals surface area contributed by atoms with Gasteiger partial charge in [-0.15, -0.1) is 0 Å². The first kappa shape index (κ1) is 12.2. The van der Waals surface area contributed by atoms with Gasteiger partial charge in [-0.1, -0.05) is 36.4 Å². The fraction of sp³-hybridized carbons (Fsp3) is 0.214. The Morgan fingerprint density at radius 1 is 1.21 bits per heavy atom. The second-order valence-corrected chi connectivity index (χ2v) is 6.67. The van der Waals surface area contributed by atoms with Crippen LogP contribution in [-0.2, 0) is 14.8 Å². The lowest BCUT2D eigenvalue weighted by atomic mass is 9.91. The van der Waals surface area contributed by atoms with Gasteiger partial charge < -0.3 is 0 Å². The van der Waals surface area contributed by atoms with Crippen LogP contribution >= 0.6 is 0 Å². The van der Waals surface area contributed by atoms with E-state index in [4.69, 9.17) is 0 Å². The van der Waals surface area contributed by atoms with Crippen molar-refractivity contribution < 1.29 is 13.2 Å². The second kappa shape index (κ2) is 3.81. The molecule has 19 heavy (non-hydrogen) atoms. The number of aryl methyl sites for hydroxylation is 1. The second-order valence-electron chi connectivity index (χ2n) is 4.85. The number of amides is 1. The summed E-state index contributed by atoms with van der Waals surface area (Å²) < 4.78 is 25.8. The number of allylic oxidation sites excluding steroid dienone is 1. The van der Waals surface area contributed by atoms with Crippen molar-refractivity contribution in [2.75, 3.05) is 0 Å². The van der Waals surface area contributed by atoms with E-state index in [1.54, 1.807) is 24.3 Å². The van der Waals surface area contributed by atoms with Crippen molar-refractivity contribution in [2.24, 2.45) is 5.92 Å². The van der Waals surface area contributed by atoms with Crippen molar-refractivity contribution in [3.8, 4) is 0 Å². The van der Waals surface area contributed by atoms with E-state index in [2.05, 4.69) is 6.58 Å². The Labute approximate surface area is 112 Å². The summed E-state index contributed by atoms with van der Waals surface area (Å²) in [5, 5.41) is 0. The van der Waals surface area contributed by atoms with Crippen LogP contribution in [0, 0.1) is 12.8 Å². The highest BCUT2D eigenvalue weighted by atomic mass is 32.2. The molecule has 1 aliphatic carbocycles. The van der Waals surface area contributed by atoms with Crippen LogP contribution in [0.25, 0.3) is 0 Å². The van der Waals surface area contributed by atoms with Gasteiger partial charge in [0.25, 0.3) is 10.0 Å². The summed E-state index contributed by atoms with van der Waals surface area (Å²) >= 11 is 0. The van der Waals surface area contributed by atoms with Crippen molar-refractivity contribution in [3.63, 3.8) is 0 Å². The lowest BCUT2D eigenvalue weighted by Crippen LogP contribution is -2.60. The first-order valence-electron chi connectivity index (χ1n) is 5.95. The van der Waals surface area contributed by atoms with Gasteiger partial charge in [-0.3, -0.25) is 4.79 Å². The topological polar surface area (TPSA) is 54.5 Å². The van der Waals surface area contributed by atoms with Crippen LogP contribution in [0.3, 0.4) is 0 Å². The Balaban J connectivity index is 1.99. The van der Waals surface area contributed by atoms with Crippen molar-refractivity contribution in [2.45, 2.75) is 17.9 Å². The summed E-state index contributed by atoms with van der Waals surface area (Å²) in [4.78, 5) is 12.1. The number of carbonyl (C=O) groups excluding carboxylic acids is 1. The SMILES string of the molecule is C=C1C=CC2C1C(=O)N2S(=O)(=O)c1ccc(C)cc1. The van der Waals surface area contributed by atoms with E-state index in [-0.39, 0.29) is 16.7 Å². The van der Waals surface area contributed by atoms with Crippen molar-refractivity contribution in [3.05, 3.63) is 54.1 Å². The van der Waals surface area contributed by atoms with Gasteiger partial charge in [0.2, 0.25) is 5.91 Å². The molecule has 98 valence electrons. The van der Waals surface area contributed by atoms with Crippen LogP contribution in [0.4, 0.5) is 0 Å². The summed E-state index contributed by atoms with van der Waals surface area (Å²) in [5.41, 5.74) is 1.66. The standard InChI is InChI=1S/C14H13NO3S/c1-9-3-6-11(7-4-9)19(17,18)15-12-8-5-10(2)13(12)14(15)16/h3-8,12-13H,2H2,1H3. The van der Waals surface area contributed by atoms with Gasteiger partial charge in [0.05, 0.1) is 16.9 Å². The first-order valence-corrected chi connectivity index (χ1v) is 7.39. The molecule has 2 aliphatic rings. The number of benzene rings is 1. The molecule has 1 amide bonds. The number of nitrogens with zero attached hydrogens (tertiary/aromatic N) is 1. The molecule has 1 aromatic rings. The molecular weight excluding hydrogens is 262 g/mol. The number of rotatable bonds is 2. The van der Waals surface area contributed by atoms with E-state index < -0.39 is 16.1 Å². The zero-order chi connectivity index (χ0) is 13.8. The number of sulfonamides is 1. The minimum Gasteiger partial charge on any atom is -0.273 e. The first-order chi connectivity index (χ1) is 8.93. The predicted octanol–water partition coefficient (Wildman–Crippen LogP) is 1.64. The van der Waals surface area contributed by atoms with Crippen LogP contribution in [-0.4, -0.2) is 24.7 Å². The highest BCUT2D eigenvalue weighted by Crippen LogP contribution is 2.41. The molecular formula is C14H13NO3S. The van der Waals surface area contributed by atoms with E-state index in [9.17, 15) is 13.2 Å². The fourth-order valence-electron chi connectivity index (χ4n) is 2.48. The molecule has 0 bridgehead atoms. The van der Waals surface area contributed by atoms with Gasteiger partial charge in [-0.2, -0.15) is 0 Å².